The third-order valence-electron chi connectivity index (χ3n) is 4.61. The lowest BCUT2D eigenvalue weighted by Crippen LogP contribution is -2.07. The van der Waals surface area contributed by atoms with Crippen molar-refractivity contribution in [3.63, 3.8) is 0 Å². The highest BCUT2D eigenvalue weighted by Gasteiger charge is 2.25. The summed E-state index contributed by atoms with van der Waals surface area (Å²) in [5.41, 5.74) is 1.18. The molecule has 1 unspecified atom stereocenters. The fraction of sp³-hybridized carbons (Fsp3) is 0.190. The second kappa shape index (κ2) is 8.35. The Balaban J connectivity index is 1.73. The van der Waals surface area contributed by atoms with E-state index in [0.717, 1.165) is 4.57 Å². The number of fused-ring (bicyclic) bond motifs is 1. The van der Waals surface area contributed by atoms with Crippen LogP contribution in [0.25, 0.3) is 22.4 Å². The third-order valence-corrected chi connectivity index (χ3v) is 5.68. The highest BCUT2D eigenvalue weighted by Crippen LogP contribution is 2.38. The van der Waals surface area contributed by atoms with Gasteiger partial charge in [0.2, 0.25) is 0 Å². The molecule has 0 aliphatic rings. The first-order chi connectivity index (χ1) is 14.5. The molecule has 0 spiro atoms. The van der Waals surface area contributed by atoms with Crippen molar-refractivity contribution in [3.05, 3.63) is 72.8 Å². The maximum atomic E-state index is 14.3. The van der Waals surface area contributed by atoms with Crippen molar-refractivity contribution in [1.82, 2.24) is 24.3 Å². The standard InChI is InChI=1S/C21H18F3N5S/c1-3-12-28-19(14-8-4-5-9-15(14)22)26-27-21(28)30-13(2)18-25-16-10-6-7-11-17(16)29(18)20(23)24/h3-11,13,20H,1,12H2,2H3. The Bertz CT molecular complexity index is 1200. The van der Waals surface area contributed by atoms with Crippen LogP contribution in [0.4, 0.5) is 13.2 Å². The Kier molecular flexibility index (Phi) is 5.63. The van der Waals surface area contributed by atoms with Crippen LogP contribution >= 0.6 is 11.8 Å². The first kappa shape index (κ1) is 20.2. The highest BCUT2D eigenvalue weighted by atomic mass is 32.2. The number of hydrogen-bond donors (Lipinski definition) is 0. The SMILES string of the molecule is C=CCn1c(SC(C)c2nc3ccccc3n2C(F)F)nnc1-c1ccccc1F. The summed E-state index contributed by atoms with van der Waals surface area (Å²) in [6.07, 6.45) is 1.65. The van der Waals surface area contributed by atoms with Gasteiger partial charge in [-0.05, 0) is 31.2 Å². The molecule has 9 heteroatoms. The molecule has 0 fully saturated rings. The topological polar surface area (TPSA) is 48.5 Å². The maximum Gasteiger partial charge on any atom is 0.320 e. The van der Waals surface area contributed by atoms with Gasteiger partial charge >= 0.3 is 6.55 Å². The molecule has 0 aliphatic heterocycles. The minimum atomic E-state index is -2.73. The molecule has 0 aliphatic carbocycles. The summed E-state index contributed by atoms with van der Waals surface area (Å²) in [7, 11) is 0. The van der Waals surface area contributed by atoms with Gasteiger partial charge in [0.05, 0.1) is 21.8 Å². The summed E-state index contributed by atoms with van der Waals surface area (Å²) in [5, 5.41) is 8.34. The molecule has 2 aromatic heterocycles. The third kappa shape index (κ3) is 3.60. The molecule has 0 radical (unpaired) electrons. The minimum Gasteiger partial charge on any atom is -0.298 e. The number of allylic oxidation sites excluding steroid dienone is 1. The molecule has 0 bridgehead atoms. The van der Waals surface area contributed by atoms with E-state index in [0.29, 0.717) is 34.1 Å². The molecule has 30 heavy (non-hydrogen) atoms. The van der Waals surface area contributed by atoms with Gasteiger partial charge in [0.1, 0.15) is 11.6 Å². The van der Waals surface area contributed by atoms with Gasteiger partial charge in [0.15, 0.2) is 11.0 Å². The van der Waals surface area contributed by atoms with E-state index in [2.05, 4.69) is 21.8 Å². The van der Waals surface area contributed by atoms with Crippen LogP contribution < -0.4 is 0 Å². The van der Waals surface area contributed by atoms with E-state index in [1.165, 1.54) is 17.8 Å². The molecular weight excluding hydrogens is 411 g/mol. The van der Waals surface area contributed by atoms with E-state index in [4.69, 9.17) is 0 Å². The second-order valence-electron chi connectivity index (χ2n) is 6.55. The van der Waals surface area contributed by atoms with Gasteiger partial charge in [0.25, 0.3) is 0 Å². The number of imidazole rings is 1. The first-order valence-electron chi connectivity index (χ1n) is 9.22. The normalized spacial score (nSPS) is 12.6. The van der Waals surface area contributed by atoms with E-state index in [1.807, 2.05) is 0 Å². The fourth-order valence-corrected chi connectivity index (χ4v) is 4.24. The average Bonchev–Trinajstić information content (AvgIpc) is 3.30. The summed E-state index contributed by atoms with van der Waals surface area (Å²) in [6.45, 7) is 3.14. The molecule has 0 amide bonds. The van der Waals surface area contributed by atoms with Gasteiger partial charge in [-0.3, -0.25) is 9.13 Å². The minimum absolute atomic E-state index is 0.233. The largest absolute Gasteiger partial charge is 0.320 e. The zero-order chi connectivity index (χ0) is 21.3. The van der Waals surface area contributed by atoms with Gasteiger partial charge in [0, 0.05) is 6.54 Å². The van der Waals surface area contributed by atoms with Crippen molar-refractivity contribution in [2.75, 3.05) is 0 Å². The van der Waals surface area contributed by atoms with Crippen LogP contribution in [0.5, 0.6) is 0 Å². The van der Waals surface area contributed by atoms with E-state index in [9.17, 15) is 13.2 Å². The number of alkyl halides is 2. The van der Waals surface area contributed by atoms with E-state index < -0.39 is 17.6 Å². The van der Waals surface area contributed by atoms with Gasteiger partial charge in [-0.15, -0.1) is 16.8 Å². The molecule has 2 aromatic carbocycles. The molecule has 0 N–H and O–H groups in total. The summed E-state index contributed by atoms with van der Waals surface area (Å²) in [6, 6.07) is 13.1. The van der Waals surface area contributed by atoms with Crippen molar-refractivity contribution < 1.29 is 13.2 Å². The average molecular weight is 429 g/mol. The Labute approximate surface area is 175 Å². The summed E-state index contributed by atoms with van der Waals surface area (Å²) < 4.78 is 44.5. The fourth-order valence-electron chi connectivity index (χ4n) is 3.28. The van der Waals surface area contributed by atoms with E-state index >= 15 is 0 Å². The van der Waals surface area contributed by atoms with Gasteiger partial charge < -0.3 is 0 Å². The number of halogens is 3. The predicted molar refractivity (Wildman–Crippen MR) is 111 cm³/mol. The van der Waals surface area contributed by atoms with E-state index in [1.54, 1.807) is 60.0 Å². The molecule has 154 valence electrons. The number of rotatable bonds is 7. The van der Waals surface area contributed by atoms with Crippen molar-refractivity contribution in [3.8, 4) is 11.4 Å². The van der Waals surface area contributed by atoms with Gasteiger partial charge in [-0.25, -0.2) is 9.37 Å². The molecule has 2 heterocycles. The van der Waals surface area contributed by atoms with Crippen molar-refractivity contribution in [1.29, 1.82) is 0 Å². The number of nitrogens with zero attached hydrogens (tertiary/aromatic N) is 5. The molecule has 0 saturated heterocycles. The lowest BCUT2D eigenvalue weighted by molar-refractivity contribution is 0.0715. The van der Waals surface area contributed by atoms with Crippen LogP contribution in [-0.4, -0.2) is 24.3 Å². The Morgan fingerprint density at radius 1 is 1.10 bits per heavy atom. The second-order valence-corrected chi connectivity index (χ2v) is 7.86. The van der Waals surface area contributed by atoms with Crippen LogP contribution in [0.15, 0.2) is 66.3 Å². The van der Waals surface area contributed by atoms with Gasteiger partial charge in [-0.2, -0.15) is 8.78 Å². The van der Waals surface area contributed by atoms with Crippen LogP contribution in [0.2, 0.25) is 0 Å². The molecule has 5 nitrogen and oxygen atoms in total. The van der Waals surface area contributed by atoms with Crippen molar-refractivity contribution >= 4 is 22.8 Å². The van der Waals surface area contributed by atoms with Crippen LogP contribution in [0.3, 0.4) is 0 Å². The van der Waals surface area contributed by atoms with Crippen molar-refractivity contribution in [2.45, 2.75) is 30.4 Å². The molecular formula is C21H18F3N5S. The summed E-state index contributed by atoms with van der Waals surface area (Å²) in [4.78, 5) is 4.41. The number of para-hydroxylation sites is 2. The lowest BCUT2D eigenvalue weighted by Gasteiger charge is -2.14. The molecule has 1 atom stereocenters. The number of aromatic nitrogens is 5. The van der Waals surface area contributed by atoms with Gasteiger partial charge in [-0.1, -0.05) is 42.1 Å². The van der Waals surface area contributed by atoms with E-state index in [-0.39, 0.29) is 5.82 Å². The Morgan fingerprint density at radius 3 is 2.57 bits per heavy atom. The smallest absolute Gasteiger partial charge is 0.298 e. The zero-order valence-corrected chi connectivity index (χ0v) is 16.9. The first-order valence-corrected chi connectivity index (χ1v) is 10.1. The predicted octanol–water partition coefficient (Wildman–Crippen LogP) is 5.87. The Morgan fingerprint density at radius 2 is 1.83 bits per heavy atom. The molecule has 4 aromatic rings. The highest BCUT2D eigenvalue weighted by molar-refractivity contribution is 7.99. The maximum absolute atomic E-state index is 14.3. The summed E-state index contributed by atoms with van der Waals surface area (Å²) in [5.74, 6) is 0.168. The van der Waals surface area contributed by atoms with Crippen LogP contribution in [0.1, 0.15) is 24.5 Å². The van der Waals surface area contributed by atoms with Crippen molar-refractivity contribution in [2.24, 2.45) is 0 Å². The lowest BCUT2D eigenvalue weighted by atomic mass is 10.2. The van der Waals surface area contributed by atoms with Crippen LogP contribution in [-0.2, 0) is 6.54 Å². The monoisotopic (exact) mass is 429 g/mol. The quantitative estimate of drug-likeness (QED) is 0.272. The molecule has 4 rings (SSSR count). The number of thioether (sulfide) groups is 1. The summed E-state index contributed by atoms with van der Waals surface area (Å²) >= 11 is 1.23. The number of hydrogen-bond acceptors (Lipinski definition) is 4. The van der Waals surface area contributed by atoms with Crippen LogP contribution in [0, 0.1) is 5.82 Å². The zero-order valence-electron chi connectivity index (χ0n) is 16.0. The molecule has 0 saturated carbocycles. The number of benzene rings is 2. The Hall–Kier alpha value is -3.07.